The van der Waals surface area contributed by atoms with Crippen LogP contribution >= 0.6 is 11.6 Å². The summed E-state index contributed by atoms with van der Waals surface area (Å²) in [4.78, 5) is 14.3. The van der Waals surface area contributed by atoms with Crippen LogP contribution in [0.2, 0.25) is 5.02 Å². The highest BCUT2D eigenvalue weighted by atomic mass is 35.5. The van der Waals surface area contributed by atoms with Gasteiger partial charge in [-0.1, -0.05) is 23.7 Å². The summed E-state index contributed by atoms with van der Waals surface area (Å²) >= 11 is 5.98. The molecule has 2 nitrogen and oxygen atoms in total. The fourth-order valence-electron chi connectivity index (χ4n) is 2.08. The summed E-state index contributed by atoms with van der Waals surface area (Å²) in [5.41, 5.74) is 1.44. The maximum absolute atomic E-state index is 13.0. The summed E-state index contributed by atoms with van der Waals surface area (Å²) in [5, 5.41) is 0.644. The molecule has 2 aromatic carbocycles. The topological polar surface area (TPSA) is 20.3 Å². The SMILES string of the molecule is CC(C)N(Cc1cccc(Cl)c1)C(=O)c1ccc(F)cc1. The van der Waals surface area contributed by atoms with Gasteiger partial charge in [0.05, 0.1) is 0 Å². The van der Waals surface area contributed by atoms with E-state index in [-0.39, 0.29) is 17.8 Å². The van der Waals surface area contributed by atoms with E-state index >= 15 is 0 Å². The van der Waals surface area contributed by atoms with Crippen LogP contribution in [0.15, 0.2) is 48.5 Å². The molecule has 0 spiro atoms. The fraction of sp³-hybridized carbons (Fsp3) is 0.235. The lowest BCUT2D eigenvalue weighted by molar-refractivity contribution is 0.0690. The van der Waals surface area contributed by atoms with E-state index in [1.807, 2.05) is 32.0 Å². The van der Waals surface area contributed by atoms with Crippen molar-refractivity contribution in [2.45, 2.75) is 26.4 Å². The molecule has 21 heavy (non-hydrogen) atoms. The zero-order valence-electron chi connectivity index (χ0n) is 12.0. The standard InChI is InChI=1S/C17H17ClFNO/c1-12(2)20(11-13-4-3-5-15(18)10-13)17(21)14-6-8-16(19)9-7-14/h3-10,12H,11H2,1-2H3. The Balaban J connectivity index is 2.22. The van der Waals surface area contributed by atoms with Gasteiger partial charge in [0.25, 0.3) is 5.91 Å². The first kappa shape index (κ1) is 15.5. The minimum atomic E-state index is -0.350. The van der Waals surface area contributed by atoms with E-state index in [9.17, 15) is 9.18 Å². The first-order valence-corrected chi connectivity index (χ1v) is 7.16. The number of carbonyl (C=O) groups is 1. The second kappa shape index (κ2) is 6.72. The van der Waals surface area contributed by atoms with Gasteiger partial charge in [0.2, 0.25) is 0 Å². The van der Waals surface area contributed by atoms with Gasteiger partial charge in [-0.2, -0.15) is 0 Å². The van der Waals surface area contributed by atoms with Gasteiger partial charge in [0.1, 0.15) is 5.82 Å². The van der Waals surface area contributed by atoms with Gasteiger partial charge >= 0.3 is 0 Å². The van der Waals surface area contributed by atoms with Crippen molar-refractivity contribution in [2.75, 3.05) is 0 Å². The van der Waals surface area contributed by atoms with Crippen LogP contribution in [0.3, 0.4) is 0 Å². The van der Waals surface area contributed by atoms with Crippen molar-refractivity contribution in [3.63, 3.8) is 0 Å². The summed E-state index contributed by atoms with van der Waals surface area (Å²) in [5.74, 6) is -0.470. The first-order valence-electron chi connectivity index (χ1n) is 6.78. The minimum absolute atomic E-state index is 0.0292. The van der Waals surface area contributed by atoms with E-state index in [0.29, 0.717) is 17.1 Å². The molecule has 0 atom stereocenters. The largest absolute Gasteiger partial charge is 0.332 e. The van der Waals surface area contributed by atoms with Gasteiger partial charge in [-0.05, 0) is 55.8 Å². The van der Waals surface area contributed by atoms with Gasteiger partial charge < -0.3 is 4.90 Å². The molecule has 0 saturated carbocycles. The number of nitrogens with zero attached hydrogens (tertiary/aromatic N) is 1. The third-order valence-corrected chi connectivity index (χ3v) is 3.45. The van der Waals surface area contributed by atoms with Crippen molar-refractivity contribution in [2.24, 2.45) is 0 Å². The summed E-state index contributed by atoms with van der Waals surface area (Å²) < 4.78 is 13.0. The summed E-state index contributed by atoms with van der Waals surface area (Å²) in [6, 6.07) is 13.1. The smallest absolute Gasteiger partial charge is 0.254 e. The molecule has 0 N–H and O–H groups in total. The molecule has 0 aliphatic heterocycles. The van der Waals surface area contributed by atoms with Gasteiger partial charge in [-0.25, -0.2) is 4.39 Å². The molecule has 0 aliphatic carbocycles. The molecular formula is C17H17ClFNO. The normalized spacial score (nSPS) is 10.7. The van der Waals surface area contributed by atoms with Crippen molar-refractivity contribution in [3.05, 3.63) is 70.5 Å². The fourth-order valence-corrected chi connectivity index (χ4v) is 2.29. The maximum Gasteiger partial charge on any atom is 0.254 e. The second-order valence-electron chi connectivity index (χ2n) is 5.16. The quantitative estimate of drug-likeness (QED) is 0.812. The Morgan fingerprint density at radius 2 is 1.86 bits per heavy atom. The Bertz CT molecular complexity index is 625. The van der Waals surface area contributed by atoms with Crippen molar-refractivity contribution in [3.8, 4) is 0 Å². The maximum atomic E-state index is 13.0. The molecule has 0 unspecified atom stereocenters. The molecule has 1 amide bonds. The molecule has 2 rings (SSSR count). The highest BCUT2D eigenvalue weighted by Crippen LogP contribution is 2.17. The average Bonchev–Trinajstić information content (AvgIpc) is 2.44. The first-order chi connectivity index (χ1) is 9.97. The Morgan fingerprint density at radius 3 is 2.43 bits per heavy atom. The summed E-state index contributed by atoms with van der Waals surface area (Å²) in [6.45, 7) is 4.37. The Kier molecular flexibility index (Phi) is 4.97. The lowest BCUT2D eigenvalue weighted by atomic mass is 10.1. The molecular weight excluding hydrogens is 289 g/mol. The lowest BCUT2D eigenvalue weighted by Crippen LogP contribution is -2.36. The molecule has 0 radical (unpaired) electrons. The van der Waals surface area contributed by atoms with Crippen LogP contribution in [-0.2, 0) is 6.54 Å². The molecule has 4 heteroatoms. The summed E-state index contributed by atoms with van der Waals surface area (Å²) in [6.07, 6.45) is 0. The van der Waals surface area contributed by atoms with Crippen LogP contribution in [0.4, 0.5) is 4.39 Å². The molecule has 110 valence electrons. The van der Waals surface area contributed by atoms with Gasteiger partial charge in [-0.15, -0.1) is 0 Å². The zero-order valence-corrected chi connectivity index (χ0v) is 12.8. The molecule has 0 aromatic heterocycles. The van der Waals surface area contributed by atoms with Crippen LogP contribution in [0.25, 0.3) is 0 Å². The zero-order chi connectivity index (χ0) is 15.4. The van der Waals surface area contributed by atoms with E-state index in [2.05, 4.69) is 0 Å². The Morgan fingerprint density at radius 1 is 1.19 bits per heavy atom. The molecule has 0 aliphatic rings. The van der Waals surface area contributed by atoms with Crippen LogP contribution in [0, 0.1) is 5.82 Å². The number of hydrogen-bond donors (Lipinski definition) is 0. The summed E-state index contributed by atoms with van der Waals surface area (Å²) in [7, 11) is 0. The predicted molar refractivity (Wildman–Crippen MR) is 82.9 cm³/mol. The second-order valence-corrected chi connectivity index (χ2v) is 5.60. The number of hydrogen-bond acceptors (Lipinski definition) is 1. The van der Waals surface area contributed by atoms with E-state index in [1.165, 1.54) is 24.3 Å². The average molecular weight is 306 g/mol. The lowest BCUT2D eigenvalue weighted by Gasteiger charge is -2.27. The third kappa shape index (κ3) is 4.05. The molecule has 0 heterocycles. The number of halogens is 2. The molecule has 0 bridgehead atoms. The number of rotatable bonds is 4. The molecule has 0 fully saturated rings. The van der Waals surface area contributed by atoms with Crippen molar-refractivity contribution < 1.29 is 9.18 Å². The van der Waals surface area contributed by atoms with Gasteiger partial charge in [0, 0.05) is 23.2 Å². The highest BCUT2D eigenvalue weighted by molar-refractivity contribution is 6.30. The van der Waals surface area contributed by atoms with E-state index < -0.39 is 0 Å². The van der Waals surface area contributed by atoms with E-state index in [4.69, 9.17) is 11.6 Å². The Hall–Kier alpha value is -1.87. The van der Waals surface area contributed by atoms with Crippen LogP contribution in [-0.4, -0.2) is 16.8 Å². The monoisotopic (exact) mass is 305 g/mol. The number of amides is 1. The Labute approximate surface area is 129 Å². The molecule has 0 saturated heterocycles. The van der Waals surface area contributed by atoms with Crippen LogP contribution < -0.4 is 0 Å². The van der Waals surface area contributed by atoms with Crippen molar-refractivity contribution in [1.82, 2.24) is 4.90 Å². The highest BCUT2D eigenvalue weighted by Gasteiger charge is 2.19. The minimum Gasteiger partial charge on any atom is -0.332 e. The van der Waals surface area contributed by atoms with Crippen molar-refractivity contribution in [1.29, 1.82) is 0 Å². The predicted octanol–water partition coefficient (Wildman–Crippen LogP) is 4.53. The number of benzene rings is 2. The van der Waals surface area contributed by atoms with Gasteiger partial charge in [0.15, 0.2) is 0 Å². The van der Waals surface area contributed by atoms with E-state index in [1.54, 1.807) is 11.0 Å². The van der Waals surface area contributed by atoms with Crippen LogP contribution in [0.5, 0.6) is 0 Å². The van der Waals surface area contributed by atoms with Gasteiger partial charge in [-0.3, -0.25) is 4.79 Å². The third-order valence-electron chi connectivity index (χ3n) is 3.22. The number of carbonyl (C=O) groups excluding carboxylic acids is 1. The molecule has 2 aromatic rings. The van der Waals surface area contributed by atoms with E-state index in [0.717, 1.165) is 5.56 Å². The van der Waals surface area contributed by atoms with Crippen LogP contribution in [0.1, 0.15) is 29.8 Å². The van der Waals surface area contributed by atoms with Crippen molar-refractivity contribution >= 4 is 17.5 Å².